The summed E-state index contributed by atoms with van der Waals surface area (Å²) in [5, 5.41) is 4.55. The molecule has 0 spiro atoms. The minimum Gasteiger partial charge on any atom is -0.486 e. The van der Waals surface area contributed by atoms with Crippen molar-refractivity contribution in [2.24, 2.45) is 0 Å². The second-order valence-corrected chi connectivity index (χ2v) is 5.84. The summed E-state index contributed by atoms with van der Waals surface area (Å²) in [6.07, 6.45) is 2.94. The number of hydrogen-bond acceptors (Lipinski definition) is 6. The van der Waals surface area contributed by atoms with Gasteiger partial charge in [-0.25, -0.2) is 4.79 Å². The fourth-order valence-electron chi connectivity index (χ4n) is 2.04. The Morgan fingerprint density at radius 1 is 1.21 bits per heavy atom. The van der Waals surface area contributed by atoms with Crippen molar-refractivity contribution in [3.05, 3.63) is 46.7 Å². The molecule has 2 aromatic rings. The Kier molecular flexibility index (Phi) is 5.12. The molecule has 1 aliphatic rings. The van der Waals surface area contributed by atoms with E-state index in [-0.39, 0.29) is 6.61 Å². The number of amides is 1. The summed E-state index contributed by atoms with van der Waals surface area (Å²) in [5.41, 5.74) is 0.550. The lowest BCUT2D eigenvalue weighted by molar-refractivity contribution is -0.142. The van der Waals surface area contributed by atoms with E-state index in [0.29, 0.717) is 30.4 Å². The molecule has 1 aromatic carbocycles. The van der Waals surface area contributed by atoms with Crippen molar-refractivity contribution in [3.8, 4) is 11.5 Å². The molecule has 1 N–H and O–H groups in total. The molecule has 3 rings (SSSR count). The zero-order valence-electron chi connectivity index (χ0n) is 12.7. The summed E-state index contributed by atoms with van der Waals surface area (Å²) in [6.45, 7) is 0.619. The average molecular weight is 345 g/mol. The Labute approximate surface area is 142 Å². The van der Waals surface area contributed by atoms with Gasteiger partial charge in [-0.3, -0.25) is 4.79 Å². The smallest absolute Gasteiger partial charge is 0.331 e. The number of nitrogens with one attached hydrogen (secondary N) is 1. The van der Waals surface area contributed by atoms with E-state index in [1.54, 1.807) is 24.3 Å². The summed E-state index contributed by atoms with van der Waals surface area (Å²) < 4.78 is 15.7. The first kappa shape index (κ1) is 16.1. The molecule has 1 aliphatic heterocycles. The second kappa shape index (κ2) is 7.65. The molecule has 0 fully saturated rings. The molecule has 0 saturated carbocycles. The zero-order chi connectivity index (χ0) is 16.8. The molecule has 1 aromatic heterocycles. The van der Waals surface area contributed by atoms with Crippen LogP contribution >= 0.6 is 11.3 Å². The van der Waals surface area contributed by atoms with Crippen molar-refractivity contribution in [2.75, 3.05) is 25.1 Å². The Morgan fingerprint density at radius 2 is 2.04 bits per heavy atom. The average Bonchev–Trinajstić information content (AvgIpc) is 3.11. The molecular weight excluding hydrogens is 330 g/mol. The van der Waals surface area contributed by atoms with Gasteiger partial charge in [0, 0.05) is 22.7 Å². The van der Waals surface area contributed by atoms with Crippen molar-refractivity contribution in [2.45, 2.75) is 0 Å². The molecule has 2 heterocycles. The van der Waals surface area contributed by atoms with E-state index in [1.807, 2.05) is 17.5 Å². The third-order valence-corrected chi connectivity index (χ3v) is 3.94. The maximum Gasteiger partial charge on any atom is 0.331 e. The number of thiophene rings is 1. The number of benzene rings is 1. The number of anilines is 1. The van der Waals surface area contributed by atoms with E-state index in [2.05, 4.69) is 5.32 Å². The molecule has 0 bridgehead atoms. The predicted octanol–water partition coefficient (Wildman–Crippen LogP) is 2.71. The van der Waals surface area contributed by atoms with Crippen LogP contribution < -0.4 is 14.8 Å². The molecule has 124 valence electrons. The van der Waals surface area contributed by atoms with Gasteiger partial charge in [-0.05, 0) is 29.7 Å². The highest BCUT2D eigenvalue weighted by molar-refractivity contribution is 7.10. The van der Waals surface area contributed by atoms with Crippen LogP contribution in [0.15, 0.2) is 41.8 Å². The fourth-order valence-corrected chi connectivity index (χ4v) is 2.66. The van der Waals surface area contributed by atoms with Crippen LogP contribution in [0.5, 0.6) is 11.5 Å². The molecule has 0 aliphatic carbocycles. The molecular formula is C17H15NO5S. The van der Waals surface area contributed by atoms with E-state index in [0.717, 1.165) is 4.88 Å². The van der Waals surface area contributed by atoms with E-state index >= 15 is 0 Å². The quantitative estimate of drug-likeness (QED) is 0.666. The maximum absolute atomic E-state index is 11.8. The SMILES string of the molecule is O=C(COC(=O)C=Cc1cccs1)Nc1ccc2c(c1)OCCO2. The molecule has 0 atom stereocenters. The predicted molar refractivity (Wildman–Crippen MR) is 90.4 cm³/mol. The molecule has 6 nitrogen and oxygen atoms in total. The van der Waals surface area contributed by atoms with Gasteiger partial charge in [0.25, 0.3) is 5.91 Å². The van der Waals surface area contributed by atoms with E-state index in [1.165, 1.54) is 17.4 Å². The van der Waals surface area contributed by atoms with Crippen LogP contribution in [0.2, 0.25) is 0 Å². The molecule has 0 radical (unpaired) electrons. The number of rotatable bonds is 5. The Morgan fingerprint density at radius 3 is 2.83 bits per heavy atom. The van der Waals surface area contributed by atoms with Crippen molar-refractivity contribution in [3.63, 3.8) is 0 Å². The number of esters is 1. The van der Waals surface area contributed by atoms with Crippen LogP contribution in [0, 0.1) is 0 Å². The minimum absolute atomic E-state index is 0.359. The van der Waals surface area contributed by atoms with Gasteiger partial charge in [0.2, 0.25) is 0 Å². The van der Waals surface area contributed by atoms with Gasteiger partial charge in [0.1, 0.15) is 13.2 Å². The number of ether oxygens (including phenoxy) is 3. The number of hydrogen-bond donors (Lipinski definition) is 1. The first-order valence-corrected chi connectivity index (χ1v) is 8.16. The third kappa shape index (κ3) is 4.36. The second-order valence-electron chi connectivity index (χ2n) is 4.86. The van der Waals surface area contributed by atoms with Crippen molar-refractivity contribution in [1.82, 2.24) is 0 Å². The van der Waals surface area contributed by atoms with Crippen molar-refractivity contribution >= 4 is 35.0 Å². The van der Waals surface area contributed by atoms with Gasteiger partial charge >= 0.3 is 5.97 Å². The van der Waals surface area contributed by atoms with Gasteiger partial charge in [0.05, 0.1) is 0 Å². The van der Waals surface area contributed by atoms with Gasteiger partial charge in [0.15, 0.2) is 18.1 Å². The lowest BCUT2D eigenvalue weighted by Gasteiger charge is -2.18. The first-order valence-electron chi connectivity index (χ1n) is 7.28. The third-order valence-electron chi connectivity index (χ3n) is 3.10. The van der Waals surface area contributed by atoms with Crippen molar-refractivity contribution in [1.29, 1.82) is 0 Å². The molecule has 0 saturated heterocycles. The van der Waals surface area contributed by atoms with Crippen LogP contribution in [0.3, 0.4) is 0 Å². The van der Waals surface area contributed by atoms with Crippen LogP contribution in [0.1, 0.15) is 4.88 Å². The zero-order valence-corrected chi connectivity index (χ0v) is 13.5. The highest BCUT2D eigenvalue weighted by Gasteiger charge is 2.13. The van der Waals surface area contributed by atoms with Crippen LogP contribution in [-0.2, 0) is 14.3 Å². The molecule has 1 amide bonds. The summed E-state index contributed by atoms with van der Waals surface area (Å²) in [4.78, 5) is 24.3. The van der Waals surface area contributed by atoms with Gasteiger partial charge < -0.3 is 19.5 Å². The summed E-state index contributed by atoms with van der Waals surface area (Å²) in [7, 11) is 0. The lowest BCUT2D eigenvalue weighted by atomic mass is 10.2. The standard InChI is InChI=1S/C17H15NO5S/c19-16(11-23-17(20)6-4-13-2-1-9-24-13)18-12-3-5-14-15(10-12)22-8-7-21-14/h1-6,9-10H,7-8,11H2,(H,18,19). The summed E-state index contributed by atoms with van der Waals surface area (Å²) in [5.74, 6) is 0.226. The molecule has 7 heteroatoms. The van der Waals surface area contributed by atoms with E-state index in [4.69, 9.17) is 14.2 Å². The maximum atomic E-state index is 11.8. The number of fused-ring (bicyclic) bond motifs is 1. The number of carbonyl (C=O) groups excluding carboxylic acids is 2. The van der Waals surface area contributed by atoms with E-state index in [9.17, 15) is 9.59 Å². The number of carbonyl (C=O) groups is 2. The minimum atomic E-state index is -0.569. The van der Waals surface area contributed by atoms with Gasteiger partial charge in [-0.1, -0.05) is 6.07 Å². The summed E-state index contributed by atoms with van der Waals surface area (Å²) in [6, 6.07) is 8.86. The van der Waals surface area contributed by atoms with Crippen LogP contribution in [0.4, 0.5) is 5.69 Å². The van der Waals surface area contributed by atoms with Gasteiger partial charge in [-0.15, -0.1) is 11.3 Å². The normalized spacial score (nSPS) is 12.8. The summed E-state index contributed by atoms with van der Waals surface area (Å²) >= 11 is 1.51. The van der Waals surface area contributed by atoms with Crippen molar-refractivity contribution < 1.29 is 23.8 Å². The van der Waals surface area contributed by atoms with E-state index < -0.39 is 11.9 Å². The highest BCUT2D eigenvalue weighted by atomic mass is 32.1. The Balaban J connectivity index is 1.48. The Bertz CT molecular complexity index is 754. The lowest BCUT2D eigenvalue weighted by Crippen LogP contribution is -2.20. The monoisotopic (exact) mass is 345 g/mol. The topological polar surface area (TPSA) is 73.9 Å². The molecule has 0 unspecified atom stereocenters. The Hall–Kier alpha value is -2.80. The first-order chi connectivity index (χ1) is 11.7. The van der Waals surface area contributed by atoms with Gasteiger partial charge in [-0.2, -0.15) is 0 Å². The van der Waals surface area contributed by atoms with Crippen LogP contribution in [0.25, 0.3) is 6.08 Å². The largest absolute Gasteiger partial charge is 0.486 e. The molecule has 24 heavy (non-hydrogen) atoms. The fraction of sp³-hybridized carbons (Fsp3) is 0.176. The highest BCUT2D eigenvalue weighted by Crippen LogP contribution is 2.32. The van der Waals surface area contributed by atoms with Crippen LogP contribution in [-0.4, -0.2) is 31.7 Å².